The molecule has 0 heterocycles. The minimum absolute atomic E-state index is 0.131. The van der Waals surface area contributed by atoms with Gasteiger partial charge < -0.3 is 9.47 Å². The minimum atomic E-state index is -0.382. The van der Waals surface area contributed by atoms with Crippen molar-refractivity contribution >= 4 is 29.2 Å². The summed E-state index contributed by atoms with van der Waals surface area (Å²) in [6, 6.07) is 11.6. The molecule has 0 unspecified atom stereocenters. The number of hydrogen-bond acceptors (Lipinski definition) is 3. The van der Waals surface area contributed by atoms with Crippen molar-refractivity contribution in [1.82, 2.24) is 0 Å². The second kappa shape index (κ2) is 7.27. The van der Waals surface area contributed by atoms with E-state index in [9.17, 15) is 4.79 Å². The van der Waals surface area contributed by atoms with E-state index in [1.54, 1.807) is 13.2 Å². The molecule has 1 fully saturated rings. The highest BCUT2D eigenvalue weighted by Crippen LogP contribution is 2.48. The van der Waals surface area contributed by atoms with Gasteiger partial charge >= 0.3 is 5.97 Å². The molecular weight excluding hydrogens is 359 g/mol. The van der Waals surface area contributed by atoms with E-state index in [4.69, 9.17) is 32.7 Å². The Morgan fingerprint density at radius 3 is 1.92 bits per heavy atom. The maximum absolute atomic E-state index is 11.2. The first-order valence-electron chi connectivity index (χ1n) is 8.29. The molecule has 0 bridgehead atoms. The van der Waals surface area contributed by atoms with E-state index in [0.29, 0.717) is 21.5 Å². The standard InChI is InChI=1S/C20H20Cl2O3/c1-13(23)25-19-8-6-15(12-17(19)22)20(9-3-4-10-20)14-5-7-18(24-2)16(21)11-14/h5-8,11-12H,3-4,9-10H2,1-2H3. The summed E-state index contributed by atoms with van der Waals surface area (Å²) >= 11 is 12.7. The van der Waals surface area contributed by atoms with E-state index in [1.807, 2.05) is 24.3 Å². The van der Waals surface area contributed by atoms with Crippen LogP contribution in [0.5, 0.6) is 11.5 Å². The zero-order chi connectivity index (χ0) is 18.0. The predicted octanol–water partition coefficient (Wildman–Crippen LogP) is 5.79. The second-order valence-corrected chi connectivity index (χ2v) is 7.19. The summed E-state index contributed by atoms with van der Waals surface area (Å²) in [5.74, 6) is 0.674. The molecule has 0 amide bonds. The molecule has 3 nitrogen and oxygen atoms in total. The maximum Gasteiger partial charge on any atom is 0.308 e. The smallest absolute Gasteiger partial charge is 0.308 e. The van der Waals surface area contributed by atoms with E-state index in [0.717, 1.165) is 36.8 Å². The lowest BCUT2D eigenvalue weighted by atomic mass is 9.73. The Hall–Kier alpha value is -1.71. The van der Waals surface area contributed by atoms with Gasteiger partial charge in [-0.2, -0.15) is 0 Å². The fourth-order valence-electron chi connectivity index (χ4n) is 3.72. The lowest BCUT2D eigenvalue weighted by Gasteiger charge is -2.31. The average molecular weight is 379 g/mol. The Bertz CT molecular complexity index is 796. The van der Waals surface area contributed by atoms with Gasteiger partial charge in [-0.3, -0.25) is 4.79 Å². The van der Waals surface area contributed by atoms with Crippen LogP contribution in [0, 0.1) is 0 Å². The lowest BCUT2D eigenvalue weighted by Crippen LogP contribution is -2.23. The zero-order valence-electron chi connectivity index (χ0n) is 14.3. The van der Waals surface area contributed by atoms with Gasteiger partial charge in [0.1, 0.15) is 11.5 Å². The van der Waals surface area contributed by atoms with Gasteiger partial charge in [0.25, 0.3) is 0 Å². The van der Waals surface area contributed by atoms with Crippen molar-refractivity contribution in [2.75, 3.05) is 7.11 Å². The summed E-state index contributed by atoms with van der Waals surface area (Å²) in [6.45, 7) is 1.36. The molecule has 0 N–H and O–H groups in total. The first-order chi connectivity index (χ1) is 12.0. The van der Waals surface area contributed by atoms with Crippen LogP contribution in [0.1, 0.15) is 43.7 Å². The molecule has 2 aromatic carbocycles. The van der Waals surface area contributed by atoms with E-state index in [-0.39, 0.29) is 11.4 Å². The second-order valence-electron chi connectivity index (χ2n) is 6.38. The molecule has 0 aliphatic heterocycles. The van der Waals surface area contributed by atoms with Crippen LogP contribution in [-0.2, 0) is 10.2 Å². The summed E-state index contributed by atoms with van der Waals surface area (Å²) in [5.41, 5.74) is 2.15. The third kappa shape index (κ3) is 3.49. The molecule has 1 aliphatic rings. The Balaban J connectivity index is 2.05. The minimum Gasteiger partial charge on any atom is -0.495 e. The van der Waals surface area contributed by atoms with Crippen LogP contribution in [0.25, 0.3) is 0 Å². The van der Waals surface area contributed by atoms with E-state index in [2.05, 4.69) is 6.07 Å². The summed E-state index contributed by atoms with van der Waals surface area (Å²) in [5, 5.41) is 1.05. The molecule has 25 heavy (non-hydrogen) atoms. The first-order valence-corrected chi connectivity index (χ1v) is 9.04. The van der Waals surface area contributed by atoms with Crippen molar-refractivity contribution in [3.05, 3.63) is 57.6 Å². The number of esters is 1. The highest BCUT2D eigenvalue weighted by molar-refractivity contribution is 6.32. The molecule has 3 rings (SSSR count). The molecule has 0 atom stereocenters. The summed E-state index contributed by atoms with van der Waals surface area (Å²) in [7, 11) is 1.61. The van der Waals surface area contributed by atoms with Crippen LogP contribution in [-0.4, -0.2) is 13.1 Å². The zero-order valence-corrected chi connectivity index (χ0v) is 15.8. The number of halogens is 2. The SMILES string of the molecule is COc1ccc(C2(c3ccc(OC(C)=O)c(Cl)c3)CCCC2)cc1Cl. The van der Waals surface area contributed by atoms with Gasteiger partial charge in [-0.05, 0) is 48.2 Å². The van der Waals surface area contributed by atoms with Crippen molar-refractivity contribution in [2.24, 2.45) is 0 Å². The van der Waals surface area contributed by atoms with Gasteiger partial charge in [0, 0.05) is 12.3 Å². The highest BCUT2D eigenvalue weighted by atomic mass is 35.5. The quantitative estimate of drug-likeness (QED) is 0.498. The van der Waals surface area contributed by atoms with Crippen molar-refractivity contribution in [2.45, 2.75) is 38.0 Å². The molecule has 1 aliphatic carbocycles. The fraction of sp³-hybridized carbons (Fsp3) is 0.350. The van der Waals surface area contributed by atoms with Gasteiger partial charge in [0.15, 0.2) is 0 Å². The van der Waals surface area contributed by atoms with Crippen molar-refractivity contribution < 1.29 is 14.3 Å². The Morgan fingerprint density at radius 1 is 0.960 bits per heavy atom. The summed E-state index contributed by atoms with van der Waals surface area (Å²) in [6.07, 6.45) is 4.34. The third-order valence-electron chi connectivity index (χ3n) is 4.90. The molecule has 5 heteroatoms. The fourth-order valence-corrected chi connectivity index (χ4v) is 4.20. The van der Waals surface area contributed by atoms with Crippen molar-refractivity contribution in [3.63, 3.8) is 0 Å². The molecule has 0 saturated heterocycles. The van der Waals surface area contributed by atoms with Gasteiger partial charge in [-0.25, -0.2) is 0 Å². The van der Waals surface area contributed by atoms with Gasteiger partial charge in [0.2, 0.25) is 0 Å². The Morgan fingerprint density at radius 2 is 1.48 bits per heavy atom. The monoisotopic (exact) mass is 378 g/mol. The Kier molecular flexibility index (Phi) is 5.26. The van der Waals surface area contributed by atoms with Crippen molar-refractivity contribution in [1.29, 1.82) is 0 Å². The van der Waals surface area contributed by atoms with Crippen LogP contribution >= 0.6 is 23.2 Å². The molecule has 0 spiro atoms. The third-order valence-corrected chi connectivity index (χ3v) is 5.49. The normalized spacial score (nSPS) is 15.8. The number of carbonyl (C=O) groups is 1. The maximum atomic E-state index is 11.2. The summed E-state index contributed by atoms with van der Waals surface area (Å²) in [4.78, 5) is 11.2. The number of ether oxygens (including phenoxy) is 2. The van der Waals surface area contributed by atoms with Crippen LogP contribution in [0.2, 0.25) is 10.0 Å². The number of carbonyl (C=O) groups excluding carboxylic acids is 1. The Labute approximate surface area is 157 Å². The van der Waals surface area contributed by atoms with E-state index >= 15 is 0 Å². The first kappa shape index (κ1) is 18.1. The average Bonchev–Trinajstić information content (AvgIpc) is 3.07. The summed E-state index contributed by atoms with van der Waals surface area (Å²) < 4.78 is 10.4. The highest BCUT2D eigenvalue weighted by Gasteiger charge is 2.38. The molecular formula is C20H20Cl2O3. The van der Waals surface area contributed by atoms with Gasteiger partial charge in [-0.15, -0.1) is 0 Å². The van der Waals surface area contributed by atoms with E-state index < -0.39 is 0 Å². The number of benzene rings is 2. The van der Waals surface area contributed by atoms with E-state index in [1.165, 1.54) is 6.92 Å². The number of hydrogen-bond donors (Lipinski definition) is 0. The van der Waals surface area contributed by atoms with Crippen LogP contribution in [0.15, 0.2) is 36.4 Å². The molecule has 0 aromatic heterocycles. The molecule has 0 radical (unpaired) electrons. The molecule has 132 valence electrons. The largest absolute Gasteiger partial charge is 0.495 e. The van der Waals surface area contributed by atoms with Crippen LogP contribution in [0.3, 0.4) is 0 Å². The molecule has 1 saturated carbocycles. The number of rotatable bonds is 4. The molecule has 2 aromatic rings. The number of methoxy groups -OCH3 is 1. The topological polar surface area (TPSA) is 35.5 Å². The lowest BCUT2D eigenvalue weighted by molar-refractivity contribution is -0.131. The van der Waals surface area contributed by atoms with Gasteiger partial charge in [0.05, 0.1) is 17.2 Å². The predicted molar refractivity (Wildman–Crippen MR) is 100 cm³/mol. The van der Waals surface area contributed by atoms with Gasteiger partial charge in [-0.1, -0.05) is 48.2 Å². The van der Waals surface area contributed by atoms with Crippen LogP contribution in [0.4, 0.5) is 0 Å². The van der Waals surface area contributed by atoms with Crippen LogP contribution < -0.4 is 9.47 Å². The van der Waals surface area contributed by atoms with Crippen molar-refractivity contribution in [3.8, 4) is 11.5 Å².